The van der Waals surface area contributed by atoms with Gasteiger partial charge in [-0.25, -0.2) is 8.42 Å². The fourth-order valence-corrected chi connectivity index (χ4v) is 6.05. The first-order valence-electron chi connectivity index (χ1n) is 10.9. The first-order valence-corrected chi connectivity index (χ1v) is 13.1. The Bertz CT molecular complexity index is 1190. The monoisotopic (exact) mass is 489 g/mol. The van der Waals surface area contributed by atoms with Gasteiger partial charge in [-0.05, 0) is 49.2 Å². The molecule has 1 fully saturated rings. The van der Waals surface area contributed by atoms with Crippen molar-refractivity contribution in [3.63, 3.8) is 0 Å². The Morgan fingerprint density at radius 2 is 2.00 bits per heavy atom. The second-order valence-corrected chi connectivity index (χ2v) is 11.2. The Labute approximate surface area is 199 Å². The predicted octanol–water partition coefficient (Wildman–Crippen LogP) is 4.34. The van der Waals surface area contributed by atoms with Crippen LogP contribution in [-0.4, -0.2) is 55.2 Å². The van der Waals surface area contributed by atoms with Crippen LogP contribution in [0, 0.1) is 6.92 Å². The fourth-order valence-electron chi connectivity index (χ4n) is 4.09. The molecule has 2 atom stereocenters. The van der Waals surface area contributed by atoms with E-state index in [-0.39, 0.29) is 30.7 Å². The summed E-state index contributed by atoms with van der Waals surface area (Å²) in [6.07, 6.45) is -0.245. The molecule has 3 aromatic rings. The number of ether oxygens (including phenoxy) is 1. The third-order valence-corrected chi connectivity index (χ3v) is 7.81. The van der Waals surface area contributed by atoms with Gasteiger partial charge in [-0.15, -0.1) is 0 Å². The van der Waals surface area contributed by atoms with E-state index >= 15 is 0 Å². The molecule has 1 aliphatic heterocycles. The minimum atomic E-state index is -3.07. The number of furan rings is 1. The molecule has 2 heterocycles. The topological polar surface area (TPSA) is 80.0 Å². The van der Waals surface area contributed by atoms with Gasteiger partial charge in [0.25, 0.3) is 0 Å². The van der Waals surface area contributed by atoms with Gasteiger partial charge in [0, 0.05) is 23.2 Å². The van der Waals surface area contributed by atoms with Crippen LogP contribution in [-0.2, 0) is 16.4 Å². The van der Waals surface area contributed by atoms with Gasteiger partial charge >= 0.3 is 0 Å². The lowest BCUT2D eigenvalue weighted by Crippen LogP contribution is -2.42. The third kappa shape index (κ3) is 6.38. The quantitative estimate of drug-likeness (QED) is 0.481. The molecular weight excluding hydrogens is 462 g/mol. The van der Waals surface area contributed by atoms with Crippen molar-refractivity contribution < 1.29 is 22.7 Å². The number of rotatable bonds is 9. The van der Waals surface area contributed by atoms with Crippen LogP contribution in [0.1, 0.15) is 17.7 Å². The van der Waals surface area contributed by atoms with Gasteiger partial charge in [0.1, 0.15) is 30.0 Å². The lowest BCUT2D eigenvalue weighted by molar-refractivity contribution is 0.0496. The predicted molar refractivity (Wildman–Crippen MR) is 129 cm³/mol. The van der Waals surface area contributed by atoms with E-state index in [1.807, 2.05) is 66.4 Å². The smallest absolute Gasteiger partial charge is 0.151 e. The fraction of sp³-hybridized carbons (Fsp3) is 0.360. The van der Waals surface area contributed by atoms with Gasteiger partial charge in [0.15, 0.2) is 9.84 Å². The van der Waals surface area contributed by atoms with E-state index in [0.717, 1.165) is 16.9 Å². The highest BCUT2D eigenvalue weighted by atomic mass is 35.5. The Balaban J connectivity index is 1.45. The van der Waals surface area contributed by atoms with E-state index in [4.69, 9.17) is 20.8 Å². The summed E-state index contributed by atoms with van der Waals surface area (Å²) in [5.74, 6) is 2.36. The van der Waals surface area contributed by atoms with Crippen molar-refractivity contribution >= 4 is 21.4 Å². The van der Waals surface area contributed by atoms with Crippen molar-refractivity contribution in [2.45, 2.75) is 32.0 Å². The largest absolute Gasteiger partial charge is 0.491 e. The number of hydrogen-bond donors (Lipinski definition) is 1. The molecule has 0 bridgehead atoms. The van der Waals surface area contributed by atoms with Crippen LogP contribution in [0.3, 0.4) is 0 Å². The SMILES string of the molecule is Cc1ccccc1OCC(O)CN(Cc1ccc(-c2cccc(Cl)c2)o1)C1CCS(=O)(=O)C1. The number of aliphatic hydroxyl groups excluding tert-OH is 1. The molecule has 33 heavy (non-hydrogen) atoms. The van der Waals surface area contributed by atoms with Gasteiger partial charge in [0.2, 0.25) is 0 Å². The average Bonchev–Trinajstić information content (AvgIpc) is 3.39. The maximum atomic E-state index is 12.1. The van der Waals surface area contributed by atoms with E-state index in [0.29, 0.717) is 29.5 Å². The maximum absolute atomic E-state index is 12.1. The first-order chi connectivity index (χ1) is 15.8. The lowest BCUT2D eigenvalue weighted by atomic mass is 10.2. The molecule has 4 rings (SSSR count). The molecule has 2 unspecified atom stereocenters. The van der Waals surface area contributed by atoms with Crippen molar-refractivity contribution in [2.75, 3.05) is 24.7 Å². The third-order valence-electron chi connectivity index (χ3n) is 5.82. The zero-order chi connectivity index (χ0) is 23.4. The Hall–Kier alpha value is -2.32. The molecule has 0 spiro atoms. The van der Waals surface area contributed by atoms with Crippen LogP contribution in [0.4, 0.5) is 0 Å². The van der Waals surface area contributed by atoms with Crippen molar-refractivity contribution in [1.82, 2.24) is 4.90 Å². The van der Waals surface area contributed by atoms with Crippen LogP contribution in [0.25, 0.3) is 11.3 Å². The molecule has 1 N–H and O–H groups in total. The first kappa shape index (κ1) is 23.8. The minimum Gasteiger partial charge on any atom is -0.491 e. The van der Waals surface area contributed by atoms with Crippen molar-refractivity contribution in [3.8, 4) is 17.1 Å². The minimum absolute atomic E-state index is 0.0836. The van der Waals surface area contributed by atoms with E-state index in [1.54, 1.807) is 6.07 Å². The van der Waals surface area contributed by atoms with E-state index in [2.05, 4.69) is 0 Å². The van der Waals surface area contributed by atoms with Crippen LogP contribution in [0.5, 0.6) is 5.75 Å². The molecule has 0 aliphatic carbocycles. The molecule has 1 aliphatic rings. The van der Waals surface area contributed by atoms with Crippen LogP contribution in [0.15, 0.2) is 65.1 Å². The maximum Gasteiger partial charge on any atom is 0.151 e. The molecule has 0 amide bonds. The normalized spacial score (nSPS) is 18.5. The number of nitrogens with zero attached hydrogens (tertiary/aromatic N) is 1. The molecule has 2 aromatic carbocycles. The van der Waals surface area contributed by atoms with E-state index in [9.17, 15) is 13.5 Å². The summed E-state index contributed by atoms with van der Waals surface area (Å²) in [5, 5.41) is 11.3. The summed E-state index contributed by atoms with van der Waals surface area (Å²) >= 11 is 6.09. The highest BCUT2D eigenvalue weighted by Gasteiger charge is 2.33. The molecule has 0 radical (unpaired) electrons. The second-order valence-electron chi connectivity index (χ2n) is 8.49. The summed E-state index contributed by atoms with van der Waals surface area (Å²) in [4.78, 5) is 1.98. The van der Waals surface area contributed by atoms with Gasteiger partial charge in [-0.3, -0.25) is 4.90 Å². The zero-order valence-electron chi connectivity index (χ0n) is 18.5. The summed E-state index contributed by atoms with van der Waals surface area (Å²) in [6, 6.07) is 18.6. The van der Waals surface area contributed by atoms with Crippen LogP contribution in [0.2, 0.25) is 5.02 Å². The van der Waals surface area contributed by atoms with Crippen LogP contribution >= 0.6 is 11.6 Å². The number of hydrogen-bond acceptors (Lipinski definition) is 6. The lowest BCUT2D eigenvalue weighted by Gasteiger charge is -2.29. The molecule has 6 nitrogen and oxygen atoms in total. The van der Waals surface area contributed by atoms with Crippen LogP contribution < -0.4 is 4.74 Å². The average molecular weight is 490 g/mol. The summed E-state index contributed by atoms with van der Waals surface area (Å²) in [6.45, 7) is 2.74. The second kappa shape index (κ2) is 10.3. The number of aliphatic hydroxyl groups is 1. The standard InChI is InChI=1S/C25H28ClNO5S/c1-18-5-2-3-8-24(18)31-16-22(28)14-27(21-11-12-33(29,30)17-21)15-23-9-10-25(32-23)19-6-4-7-20(26)13-19/h2-10,13,21-22,28H,11-12,14-17H2,1H3. The Morgan fingerprint density at radius 3 is 2.73 bits per heavy atom. The highest BCUT2D eigenvalue weighted by molar-refractivity contribution is 7.91. The number of para-hydroxylation sites is 1. The molecule has 1 aromatic heterocycles. The number of aryl methyl sites for hydroxylation is 1. The number of benzene rings is 2. The van der Waals surface area contributed by atoms with Gasteiger partial charge in [0.05, 0.1) is 18.1 Å². The summed E-state index contributed by atoms with van der Waals surface area (Å²) < 4.78 is 36.0. The van der Waals surface area contributed by atoms with Gasteiger partial charge in [-0.2, -0.15) is 0 Å². The van der Waals surface area contributed by atoms with E-state index in [1.165, 1.54) is 0 Å². The van der Waals surface area contributed by atoms with Crippen molar-refractivity contribution in [1.29, 1.82) is 0 Å². The summed E-state index contributed by atoms with van der Waals surface area (Å²) in [7, 11) is -3.07. The Morgan fingerprint density at radius 1 is 1.18 bits per heavy atom. The molecule has 8 heteroatoms. The van der Waals surface area contributed by atoms with Gasteiger partial charge < -0.3 is 14.3 Å². The molecule has 1 saturated heterocycles. The Kier molecular flexibility index (Phi) is 7.44. The van der Waals surface area contributed by atoms with E-state index < -0.39 is 15.9 Å². The number of sulfone groups is 1. The van der Waals surface area contributed by atoms with Crippen molar-refractivity contribution in [2.24, 2.45) is 0 Å². The molecular formula is C25H28ClNO5S. The highest BCUT2D eigenvalue weighted by Crippen LogP contribution is 2.27. The van der Waals surface area contributed by atoms with Crippen molar-refractivity contribution in [3.05, 3.63) is 77.0 Å². The van der Waals surface area contributed by atoms with Gasteiger partial charge in [-0.1, -0.05) is 41.9 Å². The summed E-state index contributed by atoms with van der Waals surface area (Å²) in [5.41, 5.74) is 1.86. The number of halogens is 1. The molecule has 0 saturated carbocycles. The molecule has 176 valence electrons. The zero-order valence-corrected chi connectivity index (χ0v) is 20.1.